The van der Waals surface area contributed by atoms with Crippen LogP contribution in [0, 0.1) is 0 Å². The van der Waals surface area contributed by atoms with Crippen LogP contribution < -0.4 is 0 Å². The van der Waals surface area contributed by atoms with Gasteiger partial charge in [0.25, 0.3) is 0 Å². The predicted octanol–water partition coefficient (Wildman–Crippen LogP) is 5.13. The first-order chi connectivity index (χ1) is 12.3. The molecule has 0 spiro atoms. The van der Waals surface area contributed by atoms with Gasteiger partial charge in [0.2, 0.25) is 0 Å². The Bertz CT molecular complexity index is 692. The third-order valence-corrected chi connectivity index (χ3v) is 6.28. The molecule has 25 heavy (non-hydrogen) atoms. The Balaban J connectivity index is 1.82. The molecule has 1 heterocycles. The summed E-state index contributed by atoms with van der Waals surface area (Å²) in [4.78, 5) is 2.65. The molecule has 0 aromatic heterocycles. The van der Waals surface area contributed by atoms with Gasteiger partial charge < -0.3 is 4.90 Å². The van der Waals surface area contributed by atoms with Crippen molar-refractivity contribution in [2.75, 3.05) is 19.6 Å². The quantitative estimate of drug-likeness (QED) is 0.686. The topological polar surface area (TPSA) is 3.24 Å². The summed E-state index contributed by atoms with van der Waals surface area (Å²) >= 11 is 0. The first-order valence-electron chi connectivity index (χ1n) is 9.83. The third kappa shape index (κ3) is 3.06. The van der Waals surface area contributed by atoms with Gasteiger partial charge in [-0.05, 0) is 80.4 Å². The molecule has 0 bridgehead atoms. The summed E-state index contributed by atoms with van der Waals surface area (Å²) in [5.74, 6) is 0. The van der Waals surface area contributed by atoms with Crippen LogP contribution in [0.15, 0.2) is 61.2 Å². The average molecular weight is 332 g/mol. The number of allylic oxidation sites excluding steroid dienone is 1. The average Bonchev–Trinajstić information content (AvgIpc) is 3.13. The van der Waals surface area contributed by atoms with Gasteiger partial charge in [0, 0.05) is 5.41 Å². The Morgan fingerprint density at radius 3 is 2.00 bits per heavy atom. The summed E-state index contributed by atoms with van der Waals surface area (Å²) in [5, 5.41) is 0. The summed E-state index contributed by atoms with van der Waals surface area (Å²) in [6.07, 6.45) is 9.37. The van der Waals surface area contributed by atoms with Crippen molar-refractivity contribution in [3.63, 3.8) is 0 Å². The largest absolute Gasteiger partial charge is 0.303 e. The molecule has 1 aliphatic carbocycles. The smallest absolute Gasteiger partial charge is 0.0254 e. The number of likely N-dealkylation sites (tertiary alicyclic amines) is 1. The summed E-state index contributed by atoms with van der Waals surface area (Å²) < 4.78 is 0. The van der Waals surface area contributed by atoms with Gasteiger partial charge in [-0.1, -0.05) is 54.6 Å². The molecule has 130 valence electrons. The third-order valence-electron chi connectivity index (χ3n) is 6.28. The van der Waals surface area contributed by atoms with E-state index in [0.717, 1.165) is 19.3 Å². The van der Waals surface area contributed by atoms with E-state index in [1.54, 1.807) is 11.1 Å². The second kappa shape index (κ2) is 7.17. The molecule has 1 saturated heterocycles. The number of benzene rings is 2. The first kappa shape index (κ1) is 16.6. The van der Waals surface area contributed by atoms with E-state index < -0.39 is 0 Å². The van der Waals surface area contributed by atoms with Crippen molar-refractivity contribution in [3.05, 3.63) is 83.4 Å². The minimum atomic E-state index is 0.0774. The highest BCUT2D eigenvalue weighted by Gasteiger charge is 2.38. The fraction of sp³-hybridized carbons (Fsp3) is 0.417. The fourth-order valence-electron chi connectivity index (χ4n) is 5.02. The van der Waals surface area contributed by atoms with E-state index in [4.69, 9.17) is 0 Å². The second-order valence-electron chi connectivity index (χ2n) is 7.69. The van der Waals surface area contributed by atoms with Crippen molar-refractivity contribution < 1.29 is 0 Å². The zero-order valence-corrected chi connectivity index (χ0v) is 15.2. The standard InChI is InChI=1S/C24H29N/c1-2-15-24(16-19-25-17-7-8-18-25)22-11-5-3-9-20(22)13-14-21-10-4-6-12-23(21)24/h2-6,9-12H,1,7-8,13-19H2. The monoisotopic (exact) mass is 331 g/mol. The molecule has 0 N–H and O–H groups in total. The lowest BCUT2D eigenvalue weighted by atomic mass is 9.68. The lowest BCUT2D eigenvalue weighted by molar-refractivity contribution is 0.297. The second-order valence-corrected chi connectivity index (χ2v) is 7.69. The number of rotatable bonds is 5. The highest BCUT2D eigenvalue weighted by Crippen LogP contribution is 2.45. The molecule has 2 aromatic rings. The number of nitrogens with zero attached hydrogens (tertiary/aromatic N) is 1. The van der Waals surface area contributed by atoms with Gasteiger partial charge in [0.05, 0.1) is 0 Å². The van der Waals surface area contributed by atoms with E-state index in [9.17, 15) is 0 Å². The van der Waals surface area contributed by atoms with Crippen LogP contribution in [-0.2, 0) is 18.3 Å². The lowest BCUT2D eigenvalue weighted by Crippen LogP contribution is -2.34. The molecule has 2 aliphatic rings. The maximum Gasteiger partial charge on any atom is 0.0254 e. The Morgan fingerprint density at radius 1 is 0.880 bits per heavy atom. The van der Waals surface area contributed by atoms with Crippen LogP contribution in [0.2, 0.25) is 0 Å². The zero-order chi connectivity index (χ0) is 17.1. The Labute approximate surface area is 152 Å². The molecule has 0 amide bonds. The van der Waals surface area contributed by atoms with Crippen LogP contribution >= 0.6 is 0 Å². The first-order valence-corrected chi connectivity index (χ1v) is 9.83. The van der Waals surface area contributed by atoms with Gasteiger partial charge in [-0.3, -0.25) is 0 Å². The number of aryl methyl sites for hydroxylation is 2. The zero-order valence-electron chi connectivity index (χ0n) is 15.2. The number of fused-ring (bicyclic) bond motifs is 2. The molecule has 1 fully saturated rings. The highest BCUT2D eigenvalue weighted by molar-refractivity contribution is 5.50. The van der Waals surface area contributed by atoms with Gasteiger partial charge in [-0.25, -0.2) is 0 Å². The number of hydrogen-bond donors (Lipinski definition) is 0. The van der Waals surface area contributed by atoms with E-state index in [-0.39, 0.29) is 5.41 Å². The van der Waals surface area contributed by atoms with Gasteiger partial charge in [0.1, 0.15) is 0 Å². The van der Waals surface area contributed by atoms with E-state index in [0.29, 0.717) is 0 Å². The van der Waals surface area contributed by atoms with Crippen LogP contribution in [0.25, 0.3) is 0 Å². The molecule has 0 atom stereocenters. The molecular weight excluding hydrogens is 302 g/mol. The van der Waals surface area contributed by atoms with Crippen LogP contribution in [0.3, 0.4) is 0 Å². The Kier molecular flexibility index (Phi) is 4.76. The van der Waals surface area contributed by atoms with Crippen molar-refractivity contribution in [1.29, 1.82) is 0 Å². The summed E-state index contributed by atoms with van der Waals surface area (Å²) in [6.45, 7) is 7.88. The van der Waals surface area contributed by atoms with E-state index >= 15 is 0 Å². The van der Waals surface area contributed by atoms with Gasteiger partial charge >= 0.3 is 0 Å². The molecule has 0 radical (unpaired) electrons. The van der Waals surface area contributed by atoms with Crippen molar-refractivity contribution >= 4 is 0 Å². The number of hydrogen-bond acceptors (Lipinski definition) is 1. The Morgan fingerprint density at radius 2 is 1.44 bits per heavy atom. The van der Waals surface area contributed by atoms with E-state index in [1.807, 2.05) is 0 Å². The van der Waals surface area contributed by atoms with Crippen LogP contribution in [0.1, 0.15) is 47.9 Å². The molecular formula is C24H29N. The minimum Gasteiger partial charge on any atom is -0.303 e. The van der Waals surface area contributed by atoms with Crippen molar-refractivity contribution in [1.82, 2.24) is 4.90 Å². The maximum absolute atomic E-state index is 4.14. The summed E-state index contributed by atoms with van der Waals surface area (Å²) in [5.41, 5.74) is 6.22. The summed E-state index contributed by atoms with van der Waals surface area (Å²) in [7, 11) is 0. The SMILES string of the molecule is C=CCC1(CCN2CCCC2)c2ccccc2CCc2ccccc21. The molecule has 1 nitrogen and oxygen atoms in total. The lowest BCUT2D eigenvalue weighted by Gasteiger charge is -2.37. The van der Waals surface area contributed by atoms with Crippen molar-refractivity contribution in [2.24, 2.45) is 0 Å². The molecule has 1 heteroatoms. The van der Waals surface area contributed by atoms with E-state index in [2.05, 4.69) is 66.1 Å². The predicted molar refractivity (Wildman–Crippen MR) is 106 cm³/mol. The van der Waals surface area contributed by atoms with Crippen LogP contribution in [-0.4, -0.2) is 24.5 Å². The van der Waals surface area contributed by atoms with Crippen molar-refractivity contribution in [3.8, 4) is 0 Å². The van der Waals surface area contributed by atoms with Crippen molar-refractivity contribution in [2.45, 2.75) is 43.9 Å². The molecule has 0 unspecified atom stereocenters. The van der Waals surface area contributed by atoms with E-state index in [1.165, 1.54) is 50.0 Å². The molecule has 2 aromatic carbocycles. The molecule has 0 saturated carbocycles. The molecule has 4 rings (SSSR count). The minimum absolute atomic E-state index is 0.0774. The van der Waals surface area contributed by atoms with Crippen LogP contribution in [0.5, 0.6) is 0 Å². The van der Waals surface area contributed by atoms with Gasteiger partial charge in [-0.15, -0.1) is 6.58 Å². The van der Waals surface area contributed by atoms with Gasteiger partial charge in [0.15, 0.2) is 0 Å². The van der Waals surface area contributed by atoms with Gasteiger partial charge in [-0.2, -0.15) is 0 Å². The Hall–Kier alpha value is -1.86. The molecule has 1 aliphatic heterocycles. The fourth-order valence-corrected chi connectivity index (χ4v) is 5.02. The van der Waals surface area contributed by atoms with Crippen LogP contribution in [0.4, 0.5) is 0 Å². The maximum atomic E-state index is 4.14. The highest BCUT2D eigenvalue weighted by atomic mass is 15.1. The summed E-state index contributed by atoms with van der Waals surface area (Å²) in [6, 6.07) is 18.3. The normalized spacial score (nSPS) is 19.0.